The number of benzene rings is 2. The van der Waals surface area contributed by atoms with Gasteiger partial charge < -0.3 is 9.88 Å². The van der Waals surface area contributed by atoms with Gasteiger partial charge in [0.2, 0.25) is 5.91 Å². The standard InChI is InChI=1S/C22H25FN4O/c1-15-4-3-5-16(2)22(15)25-21(28)13-26-10-8-18(9-11-26)27-14-24-19-12-17(23)6-7-20(19)27/h3-7,12,14,18H,8-11,13H2,1-2H3,(H,25,28). The summed E-state index contributed by atoms with van der Waals surface area (Å²) in [5.41, 5.74) is 4.73. The predicted octanol–water partition coefficient (Wildman–Crippen LogP) is 4.07. The van der Waals surface area contributed by atoms with E-state index >= 15 is 0 Å². The first-order chi connectivity index (χ1) is 13.5. The second-order valence-corrected chi connectivity index (χ2v) is 7.61. The highest BCUT2D eigenvalue weighted by Gasteiger charge is 2.23. The molecule has 2 heterocycles. The van der Waals surface area contributed by atoms with Gasteiger partial charge in [0.05, 0.1) is 23.9 Å². The maximum absolute atomic E-state index is 13.4. The third kappa shape index (κ3) is 3.78. The van der Waals surface area contributed by atoms with Crippen LogP contribution in [0.4, 0.5) is 10.1 Å². The summed E-state index contributed by atoms with van der Waals surface area (Å²) < 4.78 is 15.5. The molecule has 1 saturated heterocycles. The Hall–Kier alpha value is -2.73. The van der Waals surface area contributed by atoms with Crippen molar-refractivity contribution in [2.24, 2.45) is 0 Å². The van der Waals surface area contributed by atoms with Crippen molar-refractivity contribution in [2.45, 2.75) is 32.7 Å². The van der Waals surface area contributed by atoms with Crippen LogP contribution in [0.5, 0.6) is 0 Å². The van der Waals surface area contributed by atoms with Crippen LogP contribution in [0.25, 0.3) is 11.0 Å². The molecule has 0 aliphatic carbocycles. The maximum atomic E-state index is 13.4. The highest BCUT2D eigenvalue weighted by Crippen LogP contribution is 2.27. The van der Waals surface area contributed by atoms with E-state index in [0.717, 1.165) is 48.3 Å². The zero-order valence-corrected chi connectivity index (χ0v) is 16.3. The minimum atomic E-state index is -0.262. The van der Waals surface area contributed by atoms with E-state index in [4.69, 9.17) is 0 Å². The van der Waals surface area contributed by atoms with Crippen LogP contribution in [0.2, 0.25) is 0 Å². The second-order valence-electron chi connectivity index (χ2n) is 7.61. The van der Waals surface area contributed by atoms with Crippen molar-refractivity contribution < 1.29 is 9.18 Å². The first-order valence-electron chi connectivity index (χ1n) is 9.72. The molecule has 28 heavy (non-hydrogen) atoms. The summed E-state index contributed by atoms with van der Waals surface area (Å²) in [5, 5.41) is 3.06. The molecule has 1 amide bonds. The Kier molecular flexibility index (Phi) is 5.13. The Morgan fingerprint density at radius 2 is 1.89 bits per heavy atom. The number of hydrogen-bond acceptors (Lipinski definition) is 3. The van der Waals surface area contributed by atoms with Gasteiger partial charge in [-0.1, -0.05) is 18.2 Å². The number of para-hydroxylation sites is 1. The molecule has 3 aromatic rings. The molecule has 1 aliphatic heterocycles. The Morgan fingerprint density at radius 3 is 2.61 bits per heavy atom. The highest BCUT2D eigenvalue weighted by molar-refractivity contribution is 5.93. The largest absolute Gasteiger partial charge is 0.327 e. The number of fused-ring (bicyclic) bond motifs is 1. The maximum Gasteiger partial charge on any atom is 0.238 e. The molecule has 0 atom stereocenters. The van der Waals surface area contributed by atoms with Gasteiger partial charge in [0, 0.05) is 30.9 Å². The minimum Gasteiger partial charge on any atom is -0.327 e. The number of nitrogens with one attached hydrogen (secondary N) is 1. The van der Waals surface area contributed by atoms with Crippen LogP contribution >= 0.6 is 0 Å². The van der Waals surface area contributed by atoms with Gasteiger partial charge in [-0.15, -0.1) is 0 Å². The second kappa shape index (κ2) is 7.72. The minimum absolute atomic E-state index is 0.0272. The average Bonchev–Trinajstić information content (AvgIpc) is 3.08. The molecule has 0 unspecified atom stereocenters. The number of rotatable bonds is 4. The van der Waals surface area contributed by atoms with E-state index in [1.807, 2.05) is 32.0 Å². The van der Waals surface area contributed by atoms with E-state index in [1.54, 1.807) is 12.4 Å². The van der Waals surface area contributed by atoms with Gasteiger partial charge in [0.15, 0.2) is 0 Å². The lowest BCUT2D eigenvalue weighted by Gasteiger charge is -2.32. The third-order valence-electron chi connectivity index (χ3n) is 5.60. The molecule has 1 aromatic heterocycles. The molecule has 0 radical (unpaired) electrons. The zero-order valence-electron chi connectivity index (χ0n) is 16.3. The quantitative estimate of drug-likeness (QED) is 0.742. The van der Waals surface area contributed by atoms with E-state index < -0.39 is 0 Å². The van der Waals surface area contributed by atoms with E-state index in [9.17, 15) is 9.18 Å². The fourth-order valence-electron chi connectivity index (χ4n) is 4.05. The Morgan fingerprint density at radius 1 is 1.18 bits per heavy atom. The van der Waals surface area contributed by atoms with E-state index in [1.165, 1.54) is 12.1 Å². The lowest BCUT2D eigenvalue weighted by Crippen LogP contribution is -2.39. The number of amides is 1. The molecule has 146 valence electrons. The number of halogens is 1. The summed E-state index contributed by atoms with van der Waals surface area (Å²) in [6.07, 6.45) is 3.69. The highest BCUT2D eigenvalue weighted by atomic mass is 19.1. The molecule has 6 heteroatoms. The molecule has 0 bridgehead atoms. The third-order valence-corrected chi connectivity index (χ3v) is 5.60. The lowest BCUT2D eigenvalue weighted by molar-refractivity contribution is -0.117. The number of aromatic nitrogens is 2. The van der Waals surface area contributed by atoms with Crippen molar-refractivity contribution in [3.05, 3.63) is 59.7 Å². The van der Waals surface area contributed by atoms with Crippen LogP contribution in [0.3, 0.4) is 0 Å². The molecule has 4 rings (SSSR count). The Bertz CT molecular complexity index is 985. The number of piperidine rings is 1. The molecule has 0 saturated carbocycles. The fourth-order valence-corrected chi connectivity index (χ4v) is 4.05. The summed E-state index contributed by atoms with van der Waals surface area (Å²) in [6.45, 7) is 6.12. The van der Waals surface area contributed by atoms with E-state index in [2.05, 4.69) is 19.8 Å². The van der Waals surface area contributed by atoms with E-state index in [0.29, 0.717) is 18.1 Å². The van der Waals surface area contributed by atoms with Gasteiger partial charge >= 0.3 is 0 Å². The van der Waals surface area contributed by atoms with Crippen molar-refractivity contribution in [1.29, 1.82) is 0 Å². The Labute approximate surface area is 164 Å². The summed E-state index contributed by atoms with van der Waals surface area (Å²) in [5.74, 6) is -0.234. The van der Waals surface area contributed by atoms with Gasteiger partial charge in [0.1, 0.15) is 5.82 Å². The first-order valence-corrected chi connectivity index (χ1v) is 9.72. The van der Waals surface area contributed by atoms with Crippen molar-refractivity contribution in [2.75, 3.05) is 25.0 Å². The summed E-state index contributed by atoms with van der Waals surface area (Å²) in [6, 6.07) is 11.1. The number of aryl methyl sites for hydroxylation is 2. The number of imidazole rings is 1. The zero-order chi connectivity index (χ0) is 19.7. The molecular formula is C22H25FN4O. The van der Waals surface area contributed by atoms with Gasteiger partial charge in [-0.25, -0.2) is 9.37 Å². The number of hydrogen-bond donors (Lipinski definition) is 1. The number of anilines is 1. The normalized spacial score (nSPS) is 15.8. The summed E-state index contributed by atoms with van der Waals surface area (Å²) in [4.78, 5) is 19.0. The number of likely N-dealkylation sites (tertiary alicyclic amines) is 1. The predicted molar refractivity (Wildman–Crippen MR) is 109 cm³/mol. The smallest absolute Gasteiger partial charge is 0.238 e. The van der Waals surface area contributed by atoms with Crippen LogP contribution in [0.15, 0.2) is 42.7 Å². The molecule has 2 aromatic carbocycles. The Balaban J connectivity index is 1.35. The SMILES string of the molecule is Cc1cccc(C)c1NC(=O)CN1CCC(n2cnc3cc(F)ccc32)CC1. The molecule has 1 aliphatic rings. The van der Waals surface area contributed by atoms with Crippen LogP contribution in [0, 0.1) is 19.7 Å². The molecule has 5 nitrogen and oxygen atoms in total. The molecule has 1 fully saturated rings. The van der Waals surface area contributed by atoms with Crippen molar-refractivity contribution in [3.63, 3.8) is 0 Å². The monoisotopic (exact) mass is 380 g/mol. The molecule has 1 N–H and O–H groups in total. The molecular weight excluding hydrogens is 355 g/mol. The molecule has 0 spiro atoms. The van der Waals surface area contributed by atoms with Gasteiger partial charge in [-0.2, -0.15) is 0 Å². The van der Waals surface area contributed by atoms with Crippen LogP contribution in [0.1, 0.15) is 30.0 Å². The van der Waals surface area contributed by atoms with Crippen LogP contribution in [-0.2, 0) is 4.79 Å². The van der Waals surface area contributed by atoms with Crippen molar-refractivity contribution in [1.82, 2.24) is 14.5 Å². The fraction of sp³-hybridized carbons (Fsp3) is 0.364. The summed E-state index contributed by atoms with van der Waals surface area (Å²) in [7, 11) is 0. The van der Waals surface area contributed by atoms with Crippen molar-refractivity contribution >= 4 is 22.6 Å². The lowest BCUT2D eigenvalue weighted by atomic mass is 10.0. The topological polar surface area (TPSA) is 50.2 Å². The van der Waals surface area contributed by atoms with Crippen LogP contribution in [-0.4, -0.2) is 40.0 Å². The van der Waals surface area contributed by atoms with Crippen LogP contribution < -0.4 is 5.32 Å². The number of carbonyl (C=O) groups excluding carboxylic acids is 1. The van der Waals surface area contributed by atoms with Gasteiger partial charge in [-0.05, 0) is 49.9 Å². The number of carbonyl (C=O) groups is 1. The van der Waals surface area contributed by atoms with Gasteiger partial charge in [0.25, 0.3) is 0 Å². The summed E-state index contributed by atoms with van der Waals surface area (Å²) >= 11 is 0. The number of nitrogens with zero attached hydrogens (tertiary/aromatic N) is 3. The van der Waals surface area contributed by atoms with Gasteiger partial charge in [-0.3, -0.25) is 9.69 Å². The average molecular weight is 380 g/mol. The van der Waals surface area contributed by atoms with Crippen molar-refractivity contribution in [3.8, 4) is 0 Å². The van der Waals surface area contributed by atoms with E-state index in [-0.39, 0.29) is 11.7 Å². The first kappa shape index (κ1) is 18.6.